The van der Waals surface area contributed by atoms with Crippen LogP contribution in [-0.2, 0) is 48.7 Å². The largest absolute Gasteiger partial charge is 0.490 e. The number of thioether (sulfide) groups is 1. The first-order valence-electron chi connectivity index (χ1n) is 24.3. The van der Waals surface area contributed by atoms with E-state index < -0.39 is 65.8 Å². The molecule has 0 aliphatic heterocycles. The topological polar surface area (TPSA) is 266 Å². The number of carbonyl (C=O) groups is 6. The summed E-state index contributed by atoms with van der Waals surface area (Å²) in [5.74, 6) is -3.01. The maximum Gasteiger partial charge on any atom is 0.408 e. The quantitative estimate of drug-likeness (QED) is 0.0241. The molecule has 21 heteroatoms. The number of amides is 2. The lowest BCUT2D eigenvalue weighted by molar-refractivity contribution is -0.161. The van der Waals surface area contributed by atoms with Gasteiger partial charge in [-0.05, 0) is 102 Å². The van der Waals surface area contributed by atoms with Gasteiger partial charge in [0.25, 0.3) is 0 Å². The molecule has 2 aromatic carbocycles. The van der Waals surface area contributed by atoms with E-state index in [4.69, 9.17) is 52.0 Å². The molecule has 2 amide bonds. The lowest BCUT2D eigenvalue weighted by Gasteiger charge is -2.25. The maximum atomic E-state index is 13.2. The first-order chi connectivity index (χ1) is 35.3. The van der Waals surface area contributed by atoms with Crippen LogP contribution in [0.2, 0.25) is 5.02 Å². The Hall–Kier alpha value is -7.16. The monoisotopic (exact) mass is 1070 g/mol. The molecule has 0 aliphatic carbocycles. The smallest absolute Gasteiger partial charge is 0.408 e. The molecule has 0 radical (unpaired) electrons. The van der Waals surface area contributed by atoms with Crippen LogP contribution in [0.1, 0.15) is 113 Å². The molecule has 0 saturated carbocycles. The Morgan fingerprint density at radius 3 is 2.11 bits per heavy atom. The van der Waals surface area contributed by atoms with Crippen molar-refractivity contribution in [1.29, 1.82) is 5.26 Å². The molecule has 75 heavy (non-hydrogen) atoms. The number of aromatic nitrogens is 2. The van der Waals surface area contributed by atoms with Crippen LogP contribution >= 0.6 is 23.4 Å². The van der Waals surface area contributed by atoms with E-state index in [0.717, 1.165) is 5.56 Å². The van der Waals surface area contributed by atoms with Gasteiger partial charge in [0.1, 0.15) is 53.3 Å². The number of benzene rings is 2. The molecule has 4 rings (SSSR count). The molecule has 0 spiro atoms. The highest BCUT2D eigenvalue weighted by molar-refractivity contribution is 7.98. The average Bonchev–Trinajstić information content (AvgIpc) is 3.80. The zero-order valence-corrected chi connectivity index (χ0v) is 45.6. The Kier molecular flexibility index (Phi) is 22.5. The first kappa shape index (κ1) is 60.4. The van der Waals surface area contributed by atoms with E-state index in [1.165, 1.54) is 18.0 Å². The fraction of sp³-hybridized carbons (Fsp3) is 0.481. The van der Waals surface area contributed by atoms with Gasteiger partial charge in [0.05, 0.1) is 42.6 Å². The number of anilines is 1. The molecule has 0 saturated heterocycles. The molecule has 0 aliphatic rings. The van der Waals surface area contributed by atoms with E-state index in [-0.39, 0.29) is 102 Å². The fourth-order valence-electron chi connectivity index (χ4n) is 7.17. The number of nitrogens with two attached hydrogens (primary N) is 1. The van der Waals surface area contributed by atoms with Crippen LogP contribution in [0.4, 0.5) is 16.3 Å². The highest BCUT2D eigenvalue weighted by atomic mass is 35.5. The first-order valence-corrected chi connectivity index (χ1v) is 25.7. The van der Waals surface area contributed by atoms with Crippen LogP contribution in [0, 0.1) is 35.7 Å². The number of oxazole rings is 1. The number of rotatable bonds is 25. The van der Waals surface area contributed by atoms with Crippen molar-refractivity contribution in [3.8, 4) is 34.4 Å². The summed E-state index contributed by atoms with van der Waals surface area (Å²) in [4.78, 5) is 89.9. The minimum Gasteiger partial charge on any atom is -0.490 e. The second-order valence-corrected chi connectivity index (χ2v) is 21.5. The Balaban J connectivity index is 1.45. The van der Waals surface area contributed by atoms with Crippen molar-refractivity contribution < 1.29 is 56.9 Å². The molecule has 0 bridgehead atoms. The Bertz CT molecular complexity index is 2720. The van der Waals surface area contributed by atoms with E-state index in [9.17, 15) is 34.0 Å². The van der Waals surface area contributed by atoms with Gasteiger partial charge in [0, 0.05) is 41.3 Å². The summed E-state index contributed by atoms with van der Waals surface area (Å²) in [5, 5.41) is 16.5. The third-order valence-electron chi connectivity index (χ3n) is 10.8. The van der Waals surface area contributed by atoms with Crippen molar-refractivity contribution in [2.75, 3.05) is 25.5 Å². The lowest BCUT2D eigenvalue weighted by Crippen LogP contribution is -2.46. The van der Waals surface area contributed by atoms with Gasteiger partial charge >= 0.3 is 24.0 Å². The number of ketones is 1. The normalized spacial score (nSPS) is 12.6. The number of alkyl carbamates (subject to hydrolysis) is 1. The average molecular weight is 1070 g/mol. The lowest BCUT2D eigenvalue weighted by atomic mass is 9.91. The minimum atomic E-state index is -1.15. The molecule has 402 valence electrons. The van der Waals surface area contributed by atoms with Gasteiger partial charge in [-0.3, -0.25) is 24.0 Å². The maximum absolute atomic E-state index is 13.2. The van der Waals surface area contributed by atoms with Gasteiger partial charge < -0.3 is 44.5 Å². The fourth-order valence-corrected chi connectivity index (χ4v) is 8.17. The van der Waals surface area contributed by atoms with Crippen molar-refractivity contribution >= 4 is 70.6 Å². The zero-order chi connectivity index (χ0) is 55.6. The number of hydrogen-bond donors (Lipinski definition) is 3. The van der Waals surface area contributed by atoms with E-state index in [1.54, 1.807) is 118 Å². The number of carbonyl (C=O) groups excluding carboxylic acids is 6. The van der Waals surface area contributed by atoms with Crippen LogP contribution in [0.25, 0.3) is 27.4 Å². The van der Waals surface area contributed by atoms with Gasteiger partial charge in [0.15, 0.2) is 11.9 Å². The predicted octanol–water partition coefficient (Wildman–Crippen LogP) is 9.99. The van der Waals surface area contributed by atoms with Crippen molar-refractivity contribution in [1.82, 2.24) is 20.6 Å². The second kappa shape index (κ2) is 27.9. The zero-order valence-electron chi connectivity index (χ0n) is 44.0. The van der Waals surface area contributed by atoms with Crippen LogP contribution in [0.5, 0.6) is 5.75 Å². The van der Waals surface area contributed by atoms with Crippen LogP contribution in [-0.4, -0.2) is 88.8 Å². The van der Waals surface area contributed by atoms with E-state index >= 15 is 0 Å². The molecule has 3 atom stereocenters. The number of nitrogen functional groups attached to an aromatic ring is 1. The third-order valence-corrected chi connectivity index (χ3v) is 12.0. The predicted molar refractivity (Wildman–Crippen MR) is 281 cm³/mol. The van der Waals surface area contributed by atoms with Gasteiger partial charge in [-0.25, -0.2) is 19.6 Å². The van der Waals surface area contributed by atoms with E-state index in [1.807, 2.05) is 0 Å². The van der Waals surface area contributed by atoms with Crippen LogP contribution in [0.15, 0.2) is 64.2 Å². The molecule has 0 fully saturated rings. The molecule has 0 unspecified atom stereocenters. The number of nitriles is 1. The summed E-state index contributed by atoms with van der Waals surface area (Å²) in [6, 6.07) is 14.7. The Morgan fingerprint density at radius 1 is 0.853 bits per heavy atom. The summed E-state index contributed by atoms with van der Waals surface area (Å²) >= 11 is 7.22. The number of pyridine rings is 1. The number of halogens is 1. The third kappa shape index (κ3) is 19.9. The standard InChI is InChI=1S/C54H66ClN7O12S/c1-31(2)39(25-44(66)73-53(5,6)7)49(67)59-24-23-42(64)70-29-38(72-43(65)14-12-13-41(63)46(32(3)4)61-52(68)74-54(8,9)10)28-69-37-21-17-33(18-22-37)45-40(26-56)51(62-48(57)47(45)58-11)75-30-36-27-71-50(60-36)34-15-19-35(55)20-16-34/h15-22,27,31-32,38-39,46H,12-14,23-25,28-30H2,1-10H3,(H2,57,62)(H,59,67)(H,61,68)/t38-,39-,46-/m0/s1. The molecule has 4 N–H and O–H groups in total. The Morgan fingerprint density at radius 2 is 1.51 bits per heavy atom. The number of Topliss-reactive ketones (excluding diaryl/α,β-unsaturated/α-hetero) is 1. The van der Waals surface area contributed by atoms with Gasteiger partial charge in [-0.2, -0.15) is 5.26 Å². The van der Waals surface area contributed by atoms with E-state index in [2.05, 4.69) is 31.5 Å². The van der Waals surface area contributed by atoms with Gasteiger partial charge in [-0.1, -0.05) is 63.2 Å². The molecular formula is C54H66ClN7O12S. The number of nitrogens with zero attached hydrogens (tertiary/aromatic N) is 4. The number of nitrogens with one attached hydrogen (secondary N) is 2. The summed E-state index contributed by atoms with van der Waals surface area (Å²) in [6.45, 7) is 24.5. The summed E-state index contributed by atoms with van der Waals surface area (Å²) in [7, 11) is 0. The van der Waals surface area contributed by atoms with Crippen molar-refractivity contribution in [2.45, 2.75) is 135 Å². The van der Waals surface area contributed by atoms with Gasteiger partial charge in [-0.15, -0.1) is 0 Å². The molecule has 19 nitrogen and oxygen atoms in total. The van der Waals surface area contributed by atoms with Crippen LogP contribution in [0.3, 0.4) is 0 Å². The second-order valence-electron chi connectivity index (χ2n) is 20.1. The highest BCUT2D eigenvalue weighted by Gasteiger charge is 2.30. The number of hydrogen-bond acceptors (Lipinski definition) is 17. The summed E-state index contributed by atoms with van der Waals surface area (Å²) in [5.41, 5.74) is 6.90. The summed E-state index contributed by atoms with van der Waals surface area (Å²) < 4.78 is 33.6. The molecule has 4 aromatic rings. The van der Waals surface area contributed by atoms with Crippen LogP contribution < -0.4 is 21.1 Å². The highest BCUT2D eigenvalue weighted by Crippen LogP contribution is 2.42. The molecule has 2 heterocycles. The van der Waals surface area contributed by atoms with Gasteiger partial charge in [0.2, 0.25) is 17.5 Å². The SMILES string of the molecule is [C-]#[N+]c1c(N)nc(SCc2coc(-c3ccc(Cl)cc3)n2)c(C#N)c1-c1ccc(OC[C@@H](COC(=O)CCNC(=O)[C@@H](CC(=O)OC(C)(C)C)C(C)C)OC(=O)CCCC(=O)[C@@H](NC(=O)OC(C)(C)C)C(C)C)cc1. The molecular weight excluding hydrogens is 1010 g/mol. The van der Waals surface area contributed by atoms with E-state index in [0.29, 0.717) is 22.2 Å². The minimum absolute atomic E-state index is 0.0225. The van der Waals surface area contributed by atoms with Crippen molar-refractivity contribution in [2.24, 2.45) is 17.8 Å². The van der Waals surface area contributed by atoms with Crippen molar-refractivity contribution in [3.63, 3.8) is 0 Å². The number of esters is 3. The van der Waals surface area contributed by atoms with Crippen molar-refractivity contribution in [3.05, 3.63) is 82.5 Å². The molecule has 2 aromatic heterocycles. The summed E-state index contributed by atoms with van der Waals surface area (Å²) in [6.07, 6.45) is -0.944. The number of ether oxygens (including phenoxy) is 5. The Labute approximate surface area is 447 Å².